The van der Waals surface area contributed by atoms with E-state index >= 15 is 0 Å². The van der Waals surface area contributed by atoms with E-state index in [2.05, 4.69) is 15.3 Å². The summed E-state index contributed by atoms with van der Waals surface area (Å²) >= 11 is 5.96. The second-order valence-corrected chi connectivity index (χ2v) is 7.69. The van der Waals surface area contributed by atoms with Crippen LogP contribution < -0.4 is 10.1 Å². The predicted molar refractivity (Wildman–Crippen MR) is 100.0 cm³/mol. The van der Waals surface area contributed by atoms with Crippen molar-refractivity contribution in [2.75, 3.05) is 5.32 Å². The highest BCUT2D eigenvalue weighted by Gasteiger charge is 2.18. The summed E-state index contributed by atoms with van der Waals surface area (Å²) in [4.78, 5) is 20.8. The number of rotatable bonds is 5. The Hall–Kier alpha value is -2.14. The zero-order valence-electron chi connectivity index (χ0n) is 15.3. The molecule has 1 aromatic carbocycles. The summed E-state index contributed by atoms with van der Waals surface area (Å²) < 4.78 is 5.66. The van der Waals surface area contributed by atoms with Crippen LogP contribution in [0.2, 0.25) is 5.02 Å². The predicted octanol–water partition coefficient (Wildman–Crippen LogP) is 4.70. The topological polar surface area (TPSA) is 64.1 Å². The number of carbonyl (C=O) groups is 1. The largest absolute Gasteiger partial charge is 0.459 e. The molecule has 0 unspecified atom stereocenters. The van der Waals surface area contributed by atoms with Crippen LogP contribution in [0, 0.1) is 19.3 Å². The van der Waals surface area contributed by atoms with Gasteiger partial charge in [-0.25, -0.2) is 0 Å². The summed E-state index contributed by atoms with van der Waals surface area (Å²) in [5, 5.41) is 3.57. The summed E-state index contributed by atoms with van der Waals surface area (Å²) in [6.45, 7) is 10.1. The standard InChI is InChI=1S/C19H24ClN3O2/c1-12-17(23-16(24)10-19(3,4)5)13(2)22-18(21-12)25-11-14-7-6-8-15(20)9-14/h6-9H,10-11H2,1-5H3,(H,23,24). The van der Waals surface area contributed by atoms with Crippen LogP contribution in [0.25, 0.3) is 0 Å². The number of benzene rings is 1. The third-order valence-electron chi connectivity index (χ3n) is 3.46. The molecule has 2 rings (SSSR count). The van der Waals surface area contributed by atoms with Crippen LogP contribution in [0.1, 0.15) is 44.1 Å². The SMILES string of the molecule is Cc1nc(OCc2cccc(Cl)c2)nc(C)c1NC(=O)CC(C)(C)C. The molecule has 0 aliphatic carbocycles. The smallest absolute Gasteiger partial charge is 0.317 e. The number of ether oxygens (including phenoxy) is 1. The molecule has 0 radical (unpaired) electrons. The maximum atomic E-state index is 12.1. The van der Waals surface area contributed by atoms with Crippen molar-refractivity contribution in [2.45, 2.75) is 47.6 Å². The van der Waals surface area contributed by atoms with Crippen molar-refractivity contribution in [2.24, 2.45) is 5.41 Å². The summed E-state index contributed by atoms with van der Waals surface area (Å²) in [7, 11) is 0. The Morgan fingerprint density at radius 1 is 1.20 bits per heavy atom. The first-order valence-electron chi connectivity index (χ1n) is 8.16. The maximum absolute atomic E-state index is 12.1. The zero-order valence-corrected chi connectivity index (χ0v) is 16.1. The fourth-order valence-corrected chi connectivity index (χ4v) is 2.58. The van der Waals surface area contributed by atoms with E-state index in [9.17, 15) is 4.79 Å². The number of hydrogen-bond acceptors (Lipinski definition) is 4. The number of anilines is 1. The summed E-state index contributed by atoms with van der Waals surface area (Å²) in [5.41, 5.74) is 2.86. The molecular weight excluding hydrogens is 338 g/mol. The van der Waals surface area contributed by atoms with Crippen LogP contribution in [0.15, 0.2) is 24.3 Å². The average molecular weight is 362 g/mol. The molecule has 0 aliphatic rings. The lowest BCUT2D eigenvalue weighted by Crippen LogP contribution is -2.21. The molecular formula is C19H24ClN3O2. The van der Waals surface area contributed by atoms with Gasteiger partial charge in [-0.1, -0.05) is 44.5 Å². The maximum Gasteiger partial charge on any atom is 0.317 e. The van der Waals surface area contributed by atoms with Gasteiger partial charge in [-0.3, -0.25) is 4.79 Å². The van der Waals surface area contributed by atoms with E-state index in [-0.39, 0.29) is 17.3 Å². The van der Waals surface area contributed by atoms with Gasteiger partial charge in [0.25, 0.3) is 0 Å². The van der Waals surface area contributed by atoms with Crippen molar-refractivity contribution in [1.82, 2.24) is 9.97 Å². The van der Waals surface area contributed by atoms with E-state index in [1.54, 1.807) is 0 Å². The van der Waals surface area contributed by atoms with Crippen LogP contribution in [0.3, 0.4) is 0 Å². The number of aryl methyl sites for hydroxylation is 2. The number of amides is 1. The highest BCUT2D eigenvalue weighted by atomic mass is 35.5. The monoisotopic (exact) mass is 361 g/mol. The second-order valence-electron chi connectivity index (χ2n) is 7.26. The number of carbonyl (C=O) groups excluding carboxylic acids is 1. The van der Waals surface area contributed by atoms with Crippen LogP contribution in [0.5, 0.6) is 6.01 Å². The fourth-order valence-electron chi connectivity index (χ4n) is 2.37. The van der Waals surface area contributed by atoms with Gasteiger partial charge in [-0.15, -0.1) is 0 Å². The molecule has 0 saturated heterocycles. The van der Waals surface area contributed by atoms with Gasteiger partial charge in [0, 0.05) is 11.4 Å². The van der Waals surface area contributed by atoms with Crippen molar-refractivity contribution in [1.29, 1.82) is 0 Å². The van der Waals surface area contributed by atoms with E-state index in [1.807, 2.05) is 58.9 Å². The van der Waals surface area contributed by atoms with Crippen LogP contribution in [-0.4, -0.2) is 15.9 Å². The van der Waals surface area contributed by atoms with Gasteiger partial charge in [0.05, 0.1) is 17.1 Å². The fraction of sp³-hybridized carbons (Fsp3) is 0.421. The van der Waals surface area contributed by atoms with E-state index in [4.69, 9.17) is 16.3 Å². The zero-order chi connectivity index (χ0) is 18.6. The molecule has 5 nitrogen and oxygen atoms in total. The van der Waals surface area contributed by atoms with Gasteiger partial charge in [-0.05, 0) is 37.0 Å². The molecule has 6 heteroatoms. The lowest BCUT2D eigenvalue weighted by Gasteiger charge is -2.18. The Labute approximate surface area is 153 Å². The molecule has 0 fully saturated rings. The summed E-state index contributed by atoms with van der Waals surface area (Å²) in [5.74, 6) is -0.0464. The van der Waals surface area contributed by atoms with E-state index in [1.165, 1.54) is 0 Å². The highest BCUT2D eigenvalue weighted by molar-refractivity contribution is 6.30. The molecule has 1 aromatic heterocycles. The lowest BCUT2D eigenvalue weighted by atomic mass is 9.92. The molecule has 0 spiro atoms. The third kappa shape index (κ3) is 6.02. The Kier molecular flexibility index (Phi) is 6.01. The number of halogens is 1. The average Bonchev–Trinajstić information content (AvgIpc) is 2.47. The molecule has 0 aliphatic heterocycles. The number of nitrogens with zero attached hydrogens (tertiary/aromatic N) is 2. The molecule has 134 valence electrons. The molecule has 1 heterocycles. The number of aromatic nitrogens is 2. The normalized spacial score (nSPS) is 11.3. The molecule has 1 N–H and O–H groups in total. The van der Waals surface area contributed by atoms with Crippen LogP contribution in [0.4, 0.5) is 5.69 Å². The summed E-state index contributed by atoms with van der Waals surface area (Å²) in [6.07, 6.45) is 0.429. The van der Waals surface area contributed by atoms with Crippen molar-refractivity contribution in [3.63, 3.8) is 0 Å². The Morgan fingerprint density at radius 2 is 1.84 bits per heavy atom. The molecule has 0 saturated carbocycles. The minimum absolute atomic E-state index is 0.0464. The van der Waals surface area contributed by atoms with Crippen molar-refractivity contribution in [3.8, 4) is 6.01 Å². The minimum Gasteiger partial charge on any atom is -0.459 e. The van der Waals surface area contributed by atoms with Crippen molar-refractivity contribution in [3.05, 3.63) is 46.2 Å². The molecule has 0 atom stereocenters. The van der Waals surface area contributed by atoms with Crippen molar-refractivity contribution >= 4 is 23.2 Å². The van der Waals surface area contributed by atoms with E-state index in [0.717, 1.165) is 5.56 Å². The summed E-state index contributed by atoms with van der Waals surface area (Å²) in [6, 6.07) is 7.72. The molecule has 1 amide bonds. The van der Waals surface area contributed by atoms with Gasteiger partial charge < -0.3 is 10.1 Å². The van der Waals surface area contributed by atoms with Gasteiger partial charge >= 0.3 is 6.01 Å². The molecule has 0 bridgehead atoms. The molecule has 2 aromatic rings. The van der Waals surface area contributed by atoms with E-state index in [0.29, 0.717) is 35.1 Å². The molecule has 25 heavy (non-hydrogen) atoms. The second kappa shape index (κ2) is 7.83. The van der Waals surface area contributed by atoms with Gasteiger partial charge in [-0.2, -0.15) is 9.97 Å². The first-order chi connectivity index (χ1) is 11.6. The van der Waals surface area contributed by atoms with Crippen LogP contribution in [-0.2, 0) is 11.4 Å². The first-order valence-corrected chi connectivity index (χ1v) is 8.54. The van der Waals surface area contributed by atoms with Crippen molar-refractivity contribution < 1.29 is 9.53 Å². The first kappa shape index (κ1) is 19.2. The Balaban J connectivity index is 2.07. The Morgan fingerprint density at radius 3 is 2.40 bits per heavy atom. The Bertz CT molecular complexity index is 746. The van der Waals surface area contributed by atoms with E-state index < -0.39 is 0 Å². The van der Waals surface area contributed by atoms with Gasteiger partial charge in [0.15, 0.2) is 0 Å². The number of nitrogens with one attached hydrogen (secondary N) is 1. The third-order valence-corrected chi connectivity index (χ3v) is 3.70. The minimum atomic E-state index is -0.0766. The quantitative estimate of drug-likeness (QED) is 0.838. The van der Waals surface area contributed by atoms with Gasteiger partial charge in [0.1, 0.15) is 6.61 Å². The van der Waals surface area contributed by atoms with Gasteiger partial charge in [0.2, 0.25) is 5.91 Å². The number of hydrogen-bond donors (Lipinski definition) is 1. The lowest BCUT2D eigenvalue weighted by molar-refractivity contribution is -0.117. The highest BCUT2D eigenvalue weighted by Crippen LogP contribution is 2.23. The van der Waals surface area contributed by atoms with Crippen LogP contribution >= 0.6 is 11.6 Å².